The molecule has 0 aliphatic rings. The van der Waals surface area contributed by atoms with Crippen LogP contribution in [0.4, 0.5) is 22.7 Å². The number of allylic oxidation sites excluding steroid dienone is 4. The molecular formula is C50H45N4O9Tb2+. The Balaban J connectivity index is 0.000000944. The van der Waals surface area contributed by atoms with Crippen molar-refractivity contribution in [3.05, 3.63) is 192 Å². The number of ketones is 2. The van der Waals surface area contributed by atoms with Crippen LogP contribution < -0.4 is 30.6 Å². The fraction of sp³-hybridized carbons (Fsp3) is 0.0800. The second kappa shape index (κ2) is 32.8. The quantitative estimate of drug-likeness (QED) is 0.0738. The standard InChI is InChI=1S/2C20H16N2O2.2C5H8O2.H2O.2Tb/c2*23-19-11-5-1-7-15(19)13-21-17-9-3-4-10-18(17)22-14-16-8-2-6-12-20(16)24;2*1-4(6)3-5(2)7;;;/h2*1-14,23-24H;2*3,6H,1-2H3;1H2;;/q;;;;;2*+3/p-5/b;;2*4-3-;;;. The van der Waals surface area contributed by atoms with Gasteiger partial charge in [0.05, 0.1) is 22.7 Å². The van der Waals surface area contributed by atoms with E-state index >= 15 is 0 Å². The van der Waals surface area contributed by atoms with E-state index in [0.29, 0.717) is 45.0 Å². The van der Waals surface area contributed by atoms with E-state index in [9.17, 15) is 40.2 Å². The number of hydrogen-bond acceptors (Lipinski definition) is 12. The van der Waals surface area contributed by atoms with E-state index in [2.05, 4.69) is 20.0 Å². The van der Waals surface area contributed by atoms with Crippen LogP contribution >= 0.6 is 0 Å². The molecule has 6 rings (SSSR count). The Labute approximate surface area is 439 Å². The van der Waals surface area contributed by atoms with Crippen LogP contribution in [-0.4, -0.2) is 36.4 Å². The first-order valence-electron chi connectivity index (χ1n) is 18.8. The number of nitrogens with zero attached hydrogens (tertiary/aromatic N) is 4. The average molecular weight is 1160 g/mol. The summed E-state index contributed by atoms with van der Waals surface area (Å²) in [4.78, 5) is 37.4. The van der Waals surface area contributed by atoms with Crippen molar-refractivity contribution in [1.82, 2.24) is 0 Å². The largest absolute Gasteiger partial charge is 3.00 e. The zero-order chi connectivity index (χ0) is 45.3. The maximum atomic E-state index is 11.7. The van der Waals surface area contributed by atoms with Gasteiger partial charge < -0.3 is 36.1 Å². The monoisotopic (exact) mass is 1160 g/mol. The van der Waals surface area contributed by atoms with E-state index in [4.69, 9.17) is 0 Å². The van der Waals surface area contributed by atoms with Crippen molar-refractivity contribution in [3.63, 3.8) is 0 Å². The van der Waals surface area contributed by atoms with E-state index in [1.54, 1.807) is 97.1 Å². The molecule has 0 amide bonds. The minimum absolute atomic E-state index is 0. The van der Waals surface area contributed by atoms with Gasteiger partial charge in [-0.05, 0) is 72.5 Å². The van der Waals surface area contributed by atoms with Gasteiger partial charge in [-0.3, -0.25) is 29.6 Å². The van der Waals surface area contributed by atoms with Crippen LogP contribution in [0.2, 0.25) is 0 Å². The smallest absolute Gasteiger partial charge is 0.876 e. The van der Waals surface area contributed by atoms with Crippen LogP contribution in [0, 0.1) is 77.2 Å². The number of aliphatic imine (C=N–C) groups is 4. The van der Waals surface area contributed by atoms with Gasteiger partial charge in [-0.15, -0.1) is 34.5 Å². The first-order valence-corrected chi connectivity index (χ1v) is 18.8. The molecule has 0 saturated heterocycles. The van der Waals surface area contributed by atoms with Gasteiger partial charge in [-0.25, -0.2) is 0 Å². The molecule has 336 valence electrons. The molecule has 3 N–H and O–H groups in total. The number of hydrogen-bond donors (Lipinski definition) is 0. The van der Waals surface area contributed by atoms with E-state index < -0.39 is 0 Å². The van der Waals surface area contributed by atoms with Crippen molar-refractivity contribution in [3.8, 4) is 23.0 Å². The topological polar surface area (TPSA) is 255 Å². The zero-order valence-electron chi connectivity index (χ0n) is 35.6. The molecule has 0 saturated carbocycles. The second-order valence-electron chi connectivity index (χ2n) is 12.9. The number of para-hydroxylation sites is 8. The first kappa shape index (κ1) is 59.2. The summed E-state index contributed by atoms with van der Waals surface area (Å²) in [5.74, 6) is -1.07. The number of carbonyl (C=O) groups is 2. The number of carbonyl (C=O) groups excluding carboxylic acids is 2. The summed E-state index contributed by atoms with van der Waals surface area (Å²) in [6.45, 7) is 5.39. The molecule has 0 atom stereocenters. The summed E-state index contributed by atoms with van der Waals surface area (Å²) in [5.41, 5.74) is 4.56. The second-order valence-corrected chi connectivity index (χ2v) is 12.9. The normalized spacial score (nSPS) is 10.8. The van der Waals surface area contributed by atoms with Crippen molar-refractivity contribution in [2.24, 2.45) is 20.0 Å². The van der Waals surface area contributed by atoms with Gasteiger partial charge in [0.15, 0.2) is 11.6 Å². The van der Waals surface area contributed by atoms with Crippen LogP contribution in [0.15, 0.2) is 189 Å². The van der Waals surface area contributed by atoms with Crippen LogP contribution in [0.1, 0.15) is 49.9 Å². The molecule has 0 unspecified atom stereocenters. The fourth-order valence-electron chi connectivity index (χ4n) is 4.84. The summed E-state index contributed by atoms with van der Waals surface area (Å²) in [6, 6.07) is 41.4. The first-order chi connectivity index (χ1) is 29.7. The molecular weight excluding hydrogens is 1120 g/mol. The van der Waals surface area contributed by atoms with Gasteiger partial charge in [-0.2, -0.15) is 0 Å². The third-order valence-corrected chi connectivity index (χ3v) is 7.62. The van der Waals surface area contributed by atoms with Gasteiger partial charge in [0, 0.05) is 24.9 Å². The van der Waals surface area contributed by atoms with Gasteiger partial charge in [-0.1, -0.05) is 135 Å². The molecule has 6 aromatic carbocycles. The van der Waals surface area contributed by atoms with Gasteiger partial charge in [0.1, 0.15) is 0 Å². The minimum Gasteiger partial charge on any atom is -0.876 e. The van der Waals surface area contributed by atoms with Crippen molar-refractivity contribution in [1.29, 1.82) is 0 Å². The average Bonchev–Trinajstić information content (AvgIpc) is 3.23. The SMILES string of the molecule is CC(=O)/C=C(/C)[O-].CC(=O)/C=C(/C)[O-].[O-]c1ccccc1C=Nc1ccccc1N=Cc1ccccc1[O-].[O-]c1ccccc1C=Nc1ccccc1N=Cc1ccccc1[O-].[OH3+].[Tb+3].[Tb+3]. The molecule has 0 aliphatic heterocycles. The third-order valence-electron chi connectivity index (χ3n) is 7.62. The fourth-order valence-corrected chi connectivity index (χ4v) is 4.84. The van der Waals surface area contributed by atoms with Crippen molar-refractivity contribution in [2.45, 2.75) is 27.7 Å². The summed E-state index contributed by atoms with van der Waals surface area (Å²) in [5, 5.41) is 66.8. The molecule has 15 heteroatoms. The van der Waals surface area contributed by atoms with Gasteiger partial charge in [0.25, 0.3) is 0 Å². The summed E-state index contributed by atoms with van der Waals surface area (Å²) < 4.78 is 0. The Bertz CT molecular complexity index is 2270. The molecule has 0 bridgehead atoms. The summed E-state index contributed by atoms with van der Waals surface area (Å²) in [7, 11) is 0. The Morgan fingerprint density at radius 3 is 0.708 bits per heavy atom. The number of benzene rings is 6. The zero-order valence-corrected chi connectivity index (χ0v) is 39.9. The molecule has 0 aliphatic carbocycles. The Morgan fingerprint density at radius 1 is 0.369 bits per heavy atom. The van der Waals surface area contributed by atoms with Crippen LogP contribution in [0.5, 0.6) is 23.0 Å². The van der Waals surface area contributed by atoms with E-state index in [1.807, 2.05) is 24.3 Å². The summed E-state index contributed by atoms with van der Waals surface area (Å²) in [6.07, 6.45) is 8.22. The molecule has 65 heavy (non-hydrogen) atoms. The van der Waals surface area contributed by atoms with Crippen molar-refractivity contribution < 1.29 is 123 Å². The predicted octanol–water partition coefficient (Wildman–Crippen LogP) is 5.43. The van der Waals surface area contributed by atoms with E-state index in [0.717, 1.165) is 12.2 Å². The van der Waals surface area contributed by atoms with Crippen molar-refractivity contribution in [2.75, 3.05) is 0 Å². The molecule has 6 aromatic rings. The Hall–Kier alpha value is -5.85. The Kier molecular flexibility index (Phi) is 29.8. The van der Waals surface area contributed by atoms with Crippen LogP contribution in [-0.2, 0) is 15.1 Å². The molecule has 0 aromatic heterocycles. The van der Waals surface area contributed by atoms with Gasteiger partial charge in [0.2, 0.25) is 0 Å². The molecule has 0 spiro atoms. The number of rotatable bonds is 10. The minimum atomic E-state index is -0.187. The van der Waals surface area contributed by atoms with Crippen molar-refractivity contribution >= 4 is 59.2 Å². The van der Waals surface area contributed by atoms with Crippen LogP contribution in [0.3, 0.4) is 0 Å². The maximum absolute atomic E-state index is 11.7. The molecule has 0 heterocycles. The Morgan fingerprint density at radius 2 is 0.554 bits per heavy atom. The van der Waals surface area contributed by atoms with E-state index in [1.165, 1.54) is 76.8 Å². The van der Waals surface area contributed by atoms with E-state index in [-0.39, 0.29) is 129 Å². The summed E-state index contributed by atoms with van der Waals surface area (Å²) >= 11 is 0. The van der Waals surface area contributed by atoms with Crippen LogP contribution in [0.25, 0.3) is 0 Å². The molecule has 0 radical (unpaired) electrons. The molecule has 13 nitrogen and oxygen atoms in total. The molecule has 0 fully saturated rings. The predicted molar refractivity (Wildman–Crippen MR) is 239 cm³/mol. The third kappa shape index (κ3) is 23.6. The maximum Gasteiger partial charge on any atom is 3.00 e. The van der Waals surface area contributed by atoms with Gasteiger partial charge >= 0.3 is 77.2 Å².